The summed E-state index contributed by atoms with van der Waals surface area (Å²) in [5.41, 5.74) is 0.833. The molecule has 0 radical (unpaired) electrons. The van der Waals surface area contributed by atoms with Gasteiger partial charge in [0.1, 0.15) is 0 Å². The molecule has 0 saturated heterocycles. The van der Waals surface area contributed by atoms with Gasteiger partial charge in [0.2, 0.25) is 0 Å². The number of halogens is 3. The number of hydrogen-bond acceptors (Lipinski definition) is 3. The fraction of sp³-hybridized carbons (Fsp3) is 0.200. The summed E-state index contributed by atoms with van der Waals surface area (Å²) in [5, 5.41) is 0. The van der Waals surface area contributed by atoms with Crippen LogP contribution in [0.2, 0.25) is 8.67 Å². The van der Waals surface area contributed by atoms with Gasteiger partial charge in [-0.15, -0.1) is 23.7 Å². The molecule has 1 aromatic heterocycles. The summed E-state index contributed by atoms with van der Waals surface area (Å²) in [6.45, 7) is 0.308. The molecule has 1 heterocycles. The van der Waals surface area contributed by atoms with Crippen molar-refractivity contribution in [3.05, 3.63) is 20.3 Å². The highest BCUT2D eigenvalue weighted by Gasteiger charge is 2.04. The third-order valence-corrected chi connectivity index (χ3v) is 2.54. The molecule has 0 atom stereocenters. The summed E-state index contributed by atoms with van der Waals surface area (Å²) < 4.78 is 1.28. The van der Waals surface area contributed by atoms with Gasteiger partial charge in [-0.1, -0.05) is 23.2 Å². The van der Waals surface area contributed by atoms with E-state index in [1.165, 1.54) is 11.3 Å². The quantitative estimate of drug-likeness (QED) is 0.799. The van der Waals surface area contributed by atoms with Crippen LogP contribution in [0.15, 0.2) is 6.07 Å². The van der Waals surface area contributed by atoms with Gasteiger partial charge in [0.15, 0.2) is 0 Å². The molecular formula is C5H6Cl3NOS. The van der Waals surface area contributed by atoms with Gasteiger partial charge < -0.3 is 0 Å². The molecule has 1 rings (SSSR count). The summed E-state index contributed by atoms with van der Waals surface area (Å²) >= 11 is 12.7. The second-order valence-corrected chi connectivity index (χ2v) is 3.95. The highest BCUT2D eigenvalue weighted by molar-refractivity contribution is 7.20. The van der Waals surface area contributed by atoms with Crippen molar-refractivity contribution in [1.82, 2.24) is 0 Å². The lowest BCUT2D eigenvalue weighted by Crippen LogP contribution is -1.97. The summed E-state index contributed by atoms with van der Waals surface area (Å²) in [5.74, 6) is 4.84. The summed E-state index contributed by atoms with van der Waals surface area (Å²) in [6, 6.07) is 1.74. The van der Waals surface area contributed by atoms with Gasteiger partial charge in [-0.3, -0.25) is 4.84 Å². The SMILES string of the molecule is Cl.NOCc1cc(Cl)sc1Cl. The second-order valence-electron chi connectivity index (χ2n) is 1.66. The minimum atomic E-state index is 0. The van der Waals surface area contributed by atoms with Crippen molar-refractivity contribution in [2.75, 3.05) is 0 Å². The highest BCUT2D eigenvalue weighted by atomic mass is 35.5. The molecule has 0 aliphatic carbocycles. The van der Waals surface area contributed by atoms with Crippen LogP contribution in [0.25, 0.3) is 0 Å². The molecule has 6 heteroatoms. The molecule has 11 heavy (non-hydrogen) atoms. The van der Waals surface area contributed by atoms with Crippen LogP contribution in [0.4, 0.5) is 0 Å². The topological polar surface area (TPSA) is 35.2 Å². The van der Waals surface area contributed by atoms with Crippen LogP contribution < -0.4 is 5.90 Å². The maximum absolute atomic E-state index is 5.72. The Kier molecular flexibility index (Phi) is 5.42. The fourth-order valence-corrected chi connectivity index (χ4v) is 2.02. The zero-order chi connectivity index (χ0) is 7.56. The van der Waals surface area contributed by atoms with Gasteiger partial charge in [-0.25, -0.2) is 5.90 Å². The van der Waals surface area contributed by atoms with E-state index in [1.807, 2.05) is 0 Å². The molecule has 0 bridgehead atoms. The molecule has 0 spiro atoms. The Morgan fingerprint density at radius 3 is 2.55 bits per heavy atom. The van der Waals surface area contributed by atoms with Crippen molar-refractivity contribution in [3.8, 4) is 0 Å². The maximum Gasteiger partial charge on any atom is 0.1000 e. The normalized spacial score (nSPS) is 9.36. The number of thiophene rings is 1. The molecule has 1 aromatic rings. The third kappa shape index (κ3) is 3.15. The Morgan fingerprint density at radius 2 is 2.18 bits per heavy atom. The van der Waals surface area contributed by atoms with E-state index in [1.54, 1.807) is 6.07 Å². The minimum Gasteiger partial charge on any atom is -0.300 e. The van der Waals surface area contributed by atoms with Crippen LogP contribution in [-0.4, -0.2) is 0 Å². The predicted molar refractivity (Wildman–Crippen MR) is 50.6 cm³/mol. The van der Waals surface area contributed by atoms with Crippen LogP contribution in [0, 0.1) is 0 Å². The first-order valence-corrected chi connectivity index (χ1v) is 4.06. The predicted octanol–water partition coefficient (Wildman–Crippen LogP) is 2.87. The van der Waals surface area contributed by atoms with Crippen molar-refractivity contribution >= 4 is 46.9 Å². The van der Waals surface area contributed by atoms with E-state index in [2.05, 4.69) is 4.84 Å². The summed E-state index contributed by atoms with van der Waals surface area (Å²) in [6.07, 6.45) is 0. The van der Waals surface area contributed by atoms with E-state index < -0.39 is 0 Å². The Balaban J connectivity index is 0.000001000. The zero-order valence-electron chi connectivity index (χ0n) is 5.34. The smallest absolute Gasteiger partial charge is 0.1000 e. The molecule has 2 nitrogen and oxygen atoms in total. The average molecular weight is 235 g/mol. The second kappa shape index (κ2) is 5.19. The molecule has 0 aliphatic rings. The lowest BCUT2D eigenvalue weighted by Gasteiger charge is -1.92. The van der Waals surface area contributed by atoms with Gasteiger partial charge in [-0.05, 0) is 6.07 Å². The van der Waals surface area contributed by atoms with E-state index in [0.29, 0.717) is 15.3 Å². The van der Waals surface area contributed by atoms with Crippen molar-refractivity contribution in [2.24, 2.45) is 5.90 Å². The number of rotatable bonds is 2. The van der Waals surface area contributed by atoms with Crippen LogP contribution in [0.5, 0.6) is 0 Å². The Labute approximate surface area is 84.6 Å². The molecular weight excluding hydrogens is 228 g/mol. The van der Waals surface area contributed by atoms with E-state index >= 15 is 0 Å². The van der Waals surface area contributed by atoms with E-state index in [-0.39, 0.29) is 12.4 Å². The van der Waals surface area contributed by atoms with Crippen LogP contribution >= 0.6 is 46.9 Å². The zero-order valence-corrected chi connectivity index (χ0v) is 8.49. The van der Waals surface area contributed by atoms with Gasteiger partial charge in [0.25, 0.3) is 0 Å². The molecule has 0 saturated carbocycles. The van der Waals surface area contributed by atoms with Gasteiger partial charge in [-0.2, -0.15) is 0 Å². The molecule has 2 N–H and O–H groups in total. The first-order chi connectivity index (χ1) is 4.74. The van der Waals surface area contributed by atoms with Crippen LogP contribution in [0.1, 0.15) is 5.56 Å². The number of nitrogens with two attached hydrogens (primary N) is 1. The van der Waals surface area contributed by atoms with E-state index in [0.717, 1.165) is 5.56 Å². The Bertz CT molecular complexity index is 228. The summed E-state index contributed by atoms with van der Waals surface area (Å²) in [7, 11) is 0. The largest absolute Gasteiger partial charge is 0.300 e. The van der Waals surface area contributed by atoms with E-state index in [9.17, 15) is 0 Å². The monoisotopic (exact) mass is 233 g/mol. The molecule has 0 fully saturated rings. The third-order valence-electron chi connectivity index (χ3n) is 0.966. The highest BCUT2D eigenvalue weighted by Crippen LogP contribution is 2.31. The van der Waals surface area contributed by atoms with Crippen molar-refractivity contribution in [2.45, 2.75) is 6.61 Å². The van der Waals surface area contributed by atoms with Crippen LogP contribution in [0.3, 0.4) is 0 Å². The van der Waals surface area contributed by atoms with E-state index in [4.69, 9.17) is 29.1 Å². The molecule has 0 aliphatic heterocycles. The number of hydrogen-bond donors (Lipinski definition) is 1. The molecule has 0 unspecified atom stereocenters. The van der Waals surface area contributed by atoms with Crippen molar-refractivity contribution in [1.29, 1.82) is 0 Å². The van der Waals surface area contributed by atoms with Gasteiger partial charge in [0, 0.05) is 5.56 Å². The fourth-order valence-electron chi connectivity index (χ4n) is 0.563. The van der Waals surface area contributed by atoms with Crippen molar-refractivity contribution < 1.29 is 4.84 Å². The first-order valence-electron chi connectivity index (χ1n) is 2.49. The lowest BCUT2D eigenvalue weighted by atomic mass is 10.4. The molecule has 0 amide bonds. The standard InChI is InChI=1S/C5H5Cl2NOS.ClH/c6-4-1-3(2-9-8)5(7)10-4;/h1H,2,8H2;1H. The molecule has 64 valence electrons. The summed E-state index contributed by atoms with van der Waals surface area (Å²) in [4.78, 5) is 4.39. The average Bonchev–Trinajstić information content (AvgIpc) is 2.13. The van der Waals surface area contributed by atoms with Crippen molar-refractivity contribution in [3.63, 3.8) is 0 Å². The Hall–Kier alpha value is 0.490. The van der Waals surface area contributed by atoms with Crippen LogP contribution in [-0.2, 0) is 11.4 Å². The maximum atomic E-state index is 5.72. The first kappa shape index (κ1) is 11.5. The van der Waals surface area contributed by atoms with Gasteiger partial charge >= 0.3 is 0 Å². The minimum absolute atomic E-state index is 0. The molecule has 0 aromatic carbocycles. The van der Waals surface area contributed by atoms with Gasteiger partial charge in [0.05, 0.1) is 15.3 Å². The Morgan fingerprint density at radius 1 is 1.55 bits per heavy atom. The lowest BCUT2D eigenvalue weighted by molar-refractivity contribution is 0.124.